The predicted octanol–water partition coefficient (Wildman–Crippen LogP) is 8.81. The second kappa shape index (κ2) is 26.5. The molecule has 0 aromatic heterocycles. The Kier molecular flexibility index (Phi) is 27.4. The lowest BCUT2D eigenvalue weighted by Gasteiger charge is -2.55. The Hall–Kier alpha value is 1.43. The predicted molar refractivity (Wildman–Crippen MR) is 181 cm³/mol. The van der Waals surface area contributed by atoms with Gasteiger partial charge >= 0.3 is 5.97 Å². The van der Waals surface area contributed by atoms with Crippen molar-refractivity contribution in [3.8, 4) is 0 Å². The van der Waals surface area contributed by atoms with Gasteiger partial charge < -0.3 is 23.7 Å². The fraction of sp³-hybridized carbons (Fsp3) is 0.966. The van der Waals surface area contributed by atoms with E-state index in [9.17, 15) is 4.79 Å². The first-order valence-corrected chi connectivity index (χ1v) is 20.7. The standard InChI is InChI=1S/C29H53Cl6O6Si/c1-4-5-6-7-8-9-10-11-12-13-14-26(36)28(35,42(2)3)27(38-21-16-31,25-37-20-15-30)29(39-22-17-32,40-23-18-33)41-24-19-34/h4-25H2,1-3H3. The van der Waals surface area contributed by atoms with Gasteiger partial charge in [0.2, 0.25) is 0 Å². The number of halogens is 6. The molecule has 0 saturated heterocycles. The number of Topliss-reactive ketones (excluding diaryl/α,β-unsaturated/α-hetero) is 1. The van der Waals surface area contributed by atoms with Crippen LogP contribution in [0.4, 0.5) is 0 Å². The zero-order chi connectivity index (χ0) is 31.7. The molecule has 0 bridgehead atoms. The maximum Gasteiger partial charge on any atom is 0.318 e. The van der Waals surface area contributed by atoms with Crippen molar-refractivity contribution in [2.45, 2.75) is 107 Å². The lowest BCUT2D eigenvalue weighted by molar-refractivity contribution is -0.449. The van der Waals surface area contributed by atoms with E-state index in [1.165, 1.54) is 38.5 Å². The van der Waals surface area contributed by atoms with Gasteiger partial charge in [0.15, 0.2) is 11.4 Å². The number of alkyl halides is 6. The molecule has 0 aliphatic rings. The number of rotatable bonds is 31. The number of hydrogen-bond donors (Lipinski definition) is 0. The van der Waals surface area contributed by atoms with Gasteiger partial charge in [-0.15, -0.1) is 69.6 Å². The van der Waals surface area contributed by atoms with E-state index in [4.69, 9.17) is 93.3 Å². The molecule has 13 heteroatoms. The second-order valence-corrected chi connectivity index (χ2v) is 15.8. The van der Waals surface area contributed by atoms with E-state index in [1.54, 1.807) is 0 Å². The van der Waals surface area contributed by atoms with Gasteiger partial charge in [-0.2, -0.15) is 0 Å². The van der Waals surface area contributed by atoms with Gasteiger partial charge in [-0.3, -0.25) is 4.79 Å². The fourth-order valence-electron chi connectivity index (χ4n) is 4.96. The summed E-state index contributed by atoms with van der Waals surface area (Å²) in [6.45, 7) is 6.10. The minimum absolute atomic E-state index is 0.00270. The monoisotopic (exact) mass is 735 g/mol. The van der Waals surface area contributed by atoms with Crippen LogP contribution in [-0.4, -0.2) is 99.7 Å². The molecule has 1 radical (unpaired) electrons. The number of ketones is 1. The van der Waals surface area contributed by atoms with Crippen LogP contribution in [0, 0.1) is 0 Å². The summed E-state index contributed by atoms with van der Waals surface area (Å²) in [5, 5.41) is 0. The molecular weight excluding hydrogens is 685 g/mol. The average molecular weight is 739 g/mol. The van der Waals surface area contributed by atoms with Crippen molar-refractivity contribution in [2.75, 3.05) is 69.0 Å². The van der Waals surface area contributed by atoms with Crippen LogP contribution in [0.15, 0.2) is 0 Å². The first kappa shape index (κ1) is 43.4. The average Bonchev–Trinajstić information content (AvgIpc) is 2.99. The molecule has 0 N–H and O–H groups in total. The lowest BCUT2D eigenvalue weighted by Crippen LogP contribution is -2.78. The highest BCUT2D eigenvalue weighted by molar-refractivity contribution is 6.77. The summed E-state index contributed by atoms with van der Waals surface area (Å²) in [6.07, 6.45) is 11.8. The van der Waals surface area contributed by atoms with Crippen LogP contribution < -0.4 is 0 Å². The topological polar surface area (TPSA) is 63.2 Å². The van der Waals surface area contributed by atoms with Gasteiger partial charge in [0, 0.05) is 35.8 Å². The molecule has 2 unspecified atom stereocenters. The summed E-state index contributed by atoms with van der Waals surface area (Å²) in [6, 6.07) is 0. The highest BCUT2D eigenvalue weighted by Crippen LogP contribution is 2.48. The first-order chi connectivity index (χ1) is 20.2. The molecule has 0 saturated carbocycles. The maximum atomic E-state index is 14.3. The summed E-state index contributed by atoms with van der Waals surface area (Å²) in [5.74, 6) is -1.55. The van der Waals surface area contributed by atoms with Crippen molar-refractivity contribution in [1.82, 2.24) is 0 Å². The van der Waals surface area contributed by atoms with Crippen molar-refractivity contribution >= 4 is 84.2 Å². The van der Waals surface area contributed by atoms with Gasteiger partial charge in [0.1, 0.15) is 4.50 Å². The van der Waals surface area contributed by atoms with Gasteiger partial charge in [0.25, 0.3) is 0 Å². The number of carbonyl (C=O) groups is 1. The van der Waals surface area contributed by atoms with Crippen LogP contribution in [0.25, 0.3) is 0 Å². The van der Waals surface area contributed by atoms with E-state index in [1.807, 2.05) is 13.1 Å². The summed E-state index contributed by atoms with van der Waals surface area (Å²) in [5.41, 5.74) is -1.79. The molecule has 0 aliphatic heterocycles. The molecule has 2 atom stereocenters. The first-order valence-electron chi connectivity index (χ1n) is 15.2. The Morgan fingerprint density at radius 1 is 0.619 bits per heavy atom. The SMILES string of the molecule is CCCCCCCCCCCCC(=O)C(Cl)([Si](C)C)C(COCCCl)(OCCCl)C(OCCCl)(OCCCl)OCCCl. The highest BCUT2D eigenvalue weighted by Gasteiger charge is 2.71. The third kappa shape index (κ3) is 14.0. The van der Waals surface area contributed by atoms with E-state index in [2.05, 4.69) is 6.92 Å². The molecular formula is C29H53Cl6O6Si. The Morgan fingerprint density at radius 3 is 1.43 bits per heavy atom. The second-order valence-electron chi connectivity index (χ2n) is 10.3. The molecule has 0 heterocycles. The van der Waals surface area contributed by atoms with Crippen LogP contribution in [0.1, 0.15) is 77.6 Å². The van der Waals surface area contributed by atoms with E-state index in [-0.39, 0.29) is 81.2 Å². The van der Waals surface area contributed by atoms with Crippen LogP contribution in [0.2, 0.25) is 13.1 Å². The quantitative estimate of drug-likeness (QED) is 0.0307. The van der Waals surface area contributed by atoms with E-state index >= 15 is 0 Å². The fourth-order valence-corrected chi connectivity index (χ4v) is 7.48. The number of unbranched alkanes of at least 4 members (excludes halogenated alkanes) is 9. The molecule has 0 aliphatic carbocycles. The van der Waals surface area contributed by atoms with Gasteiger partial charge in [-0.25, -0.2) is 0 Å². The highest BCUT2D eigenvalue weighted by atomic mass is 35.5. The Morgan fingerprint density at radius 2 is 1.02 bits per heavy atom. The molecule has 0 aromatic carbocycles. The number of carbonyl (C=O) groups excluding carboxylic acids is 1. The minimum atomic E-state index is -2.03. The van der Waals surface area contributed by atoms with Crippen molar-refractivity contribution in [1.29, 1.82) is 0 Å². The molecule has 251 valence electrons. The van der Waals surface area contributed by atoms with Gasteiger partial charge in [-0.1, -0.05) is 77.8 Å². The zero-order valence-electron chi connectivity index (χ0n) is 25.8. The van der Waals surface area contributed by atoms with Crippen molar-refractivity contribution in [3.63, 3.8) is 0 Å². The van der Waals surface area contributed by atoms with E-state index in [0.29, 0.717) is 6.42 Å². The normalized spacial score (nSPS) is 15.2. The lowest BCUT2D eigenvalue weighted by atomic mass is 9.89. The summed E-state index contributed by atoms with van der Waals surface area (Å²) >= 11 is 37.8. The third-order valence-corrected chi connectivity index (χ3v) is 11.4. The Labute approximate surface area is 286 Å². The van der Waals surface area contributed by atoms with E-state index < -0.39 is 24.9 Å². The summed E-state index contributed by atoms with van der Waals surface area (Å²) in [4.78, 5) is 14.3. The van der Waals surface area contributed by atoms with Crippen molar-refractivity contribution in [3.05, 3.63) is 0 Å². The van der Waals surface area contributed by atoms with Gasteiger partial charge in [0.05, 0.1) is 48.4 Å². The van der Waals surface area contributed by atoms with E-state index in [0.717, 1.165) is 19.3 Å². The molecule has 0 fully saturated rings. The van der Waals surface area contributed by atoms with Gasteiger partial charge in [-0.05, 0) is 6.42 Å². The molecule has 42 heavy (non-hydrogen) atoms. The van der Waals surface area contributed by atoms with Crippen molar-refractivity contribution < 1.29 is 28.5 Å². The maximum absolute atomic E-state index is 14.3. The number of ether oxygens (including phenoxy) is 5. The van der Waals surface area contributed by atoms with Crippen molar-refractivity contribution in [2.24, 2.45) is 0 Å². The number of hydrogen-bond acceptors (Lipinski definition) is 6. The third-order valence-electron chi connectivity index (χ3n) is 6.94. The molecule has 0 spiro atoms. The minimum Gasteiger partial charge on any atom is -0.377 e. The molecule has 6 nitrogen and oxygen atoms in total. The van der Waals surface area contributed by atoms with Crippen LogP contribution in [0.5, 0.6) is 0 Å². The summed E-state index contributed by atoms with van der Waals surface area (Å²) in [7, 11) is -1.71. The smallest absolute Gasteiger partial charge is 0.318 e. The van der Waals surface area contributed by atoms with Crippen LogP contribution >= 0.6 is 69.6 Å². The zero-order valence-corrected chi connectivity index (χ0v) is 31.3. The Balaban J connectivity index is 6.37. The summed E-state index contributed by atoms with van der Waals surface area (Å²) < 4.78 is 29.6. The molecule has 0 amide bonds. The molecule has 0 aromatic rings. The Bertz CT molecular complexity index is 646. The van der Waals surface area contributed by atoms with Crippen LogP contribution in [-0.2, 0) is 28.5 Å². The molecule has 0 rings (SSSR count). The van der Waals surface area contributed by atoms with Crippen LogP contribution in [0.3, 0.4) is 0 Å². The largest absolute Gasteiger partial charge is 0.377 e.